The van der Waals surface area contributed by atoms with Gasteiger partial charge in [-0.15, -0.1) is 0 Å². The summed E-state index contributed by atoms with van der Waals surface area (Å²) in [5, 5.41) is 9.48. The number of hydrogen-bond acceptors (Lipinski definition) is 1. The Morgan fingerprint density at radius 1 is 1.56 bits per heavy atom. The molecular weight excluding hydrogens is 112 g/mol. The maximum atomic E-state index is 9.48. The minimum absolute atomic E-state index is 0.0243. The molecule has 0 aromatic rings. The van der Waals surface area contributed by atoms with E-state index in [2.05, 4.69) is 6.92 Å². The molecule has 2 aliphatic carbocycles. The molecule has 0 spiro atoms. The van der Waals surface area contributed by atoms with Crippen molar-refractivity contribution in [2.75, 3.05) is 0 Å². The van der Waals surface area contributed by atoms with Gasteiger partial charge < -0.3 is 5.11 Å². The van der Waals surface area contributed by atoms with Gasteiger partial charge in [0.15, 0.2) is 0 Å². The van der Waals surface area contributed by atoms with E-state index >= 15 is 0 Å². The molecule has 0 aromatic heterocycles. The lowest BCUT2D eigenvalue weighted by atomic mass is 9.84. The van der Waals surface area contributed by atoms with Crippen LogP contribution in [0, 0.1) is 11.3 Å². The van der Waals surface area contributed by atoms with E-state index < -0.39 is 0 Å². The van der Waals surface area contributed by atoms with E-state index in [1.165, 1.54) is 19.3 Å². The standard InChI is InChI=1S/C8H14O/c1-8-3-2-6(5-8)4-7(8)9/h6-7,9H,2-5H2,1H3/t6?,7-,8?/m1/s1. The van der Waals surface area contributed by atoms with Crippen LogP contribution in [0.3, 0.4) is 0 Å². The first kappa shape index (κ1) is 5.72. The highest BCUT2D eigenvalue weighted by Gasteiger charge is 2.47. The van der Waals surface area contributed by atoms with Crippen molar-refractivity contribution < 1.29 is 5.11 Å². The van der Waals surface area contributed by atoms with Gasteiger partial charge in [0.2, 0.25) is 0 Å². The fourth-order valence-electron chi connectivity index (χ4n) is 2.50. The van der Waals surface area contributed by atoms with Crippen LogP contribution in [0.2, 0.25) is 0 Å². The van der Waals surface area contributed by atoms with Gasteiger partial charge in [-0.1, -0.05) is 6.92 Å². The largest absolute Gasteiger partial charge is 0.393 e. The molecule has 2 unspecified atom stereocenters. The van der Waals surface area contributed by atoms with E-state index in [0.29, 0.717) is 5.41 Å². The zero-order valence-corrected chi connectivity index (χ0v) is 5.93. The van der Waals surface area contributed by atoms with Crippen LogP contribution in [-0.2, 0) is 0 Å². The predicted molar refractivity (Wildman–Crippen MR) is 36.1 cm³/mol. The Morgan fingerprint density at radius 2 is 2.33 bits per heavy atom. The van der Waals surface area contributed by atoms with Gasteiger partial charge >= 0.3 is 0 Å². The van der Waals surface area contributed by atoms with Crippen molar-refractivity contribution in [2.45, 2.75) is 38.7 Å². The van der Waals surface area contributed by atoms with E-state index in [1.807, 2.05) is 0 Å². The highest BCUT2D eigenvalue weighted by atomic mass is 16.3. The molecule has 52 valence electrons. The van der Waals surface area contributed by atoms with Gasteiger partial charge in [-0.2, -0.15) is 0 Å². The van der Waals surface area contributed by atoms with Gasteiger partial charge in [0.25, 0.3) is 0 Å². The molecule has 2 bridgehead atoms. The molecule has 0 saturated heterocycles. The average molecular weight is 126 g/mol. The first-order valence-electron chi connectivity index (χ1n) is 3.89. The first-order chi connectivity index (χ1) is 4.21. The number of hydrogen-bond donors (Lipinski definition) is 1. The van der Waals surface area contributed by atoms with Crippen LogP contribution in [0.25, 0.3) is 0 Å². The van der Waals surface area contributed by atoms with Crippen molar-refractivity contribution in [1.29, 1.82) is 0 Å². The lowest BCUT2D eigenvalue weighted by Crippen LogP contribution is -2.26. The molecule has 1 heteroatoms. The molecule has 9 heavy (non-hydrogen) atoms. The summed E-state index contributed by atoms with van der Waals surface area (Å²) in [6.45, 7) is 2.23. The molecule has 0 radical (unpaired) electrons. The highest BCUT2D eigenvalue weighted by molar-refractivity contribution is 4.98. The third-order valence-corrected chi connectivity index (χ3v) is 3.24. The molecule has 0 amide bonds. The van der Waals surface area contributed by atoms with Gasteiger partial charge in [-0.05, 0) is 37.0 Å². The molecule has 1 N–H and O–H groups in total. The molecule has 2 rings (SSSR count). The monoisotopic (exact) mass is 126 g/mol. The Morgan fingerprint density at radius 3 is 2.56 bits per heavy atom. The van der Waals surface area contributed by atoms with Crippen LogP contribution in [0.5, 0.6) is 0 Å². The van der Waals surface area contributed by atoms with E-state index in [1.54, 1.807) is 0 Å². The van der Waals surface area contributed by atoms with Gasteiger partial charge in [-0.3, -0.25) is 0 Å². The van der Waals surface area contributed by atoms with Crippen molar-refractivity contribution in [3.63, 3.8) is 0 Å². The summed E-state index contributed by atoms with van der Waals surface area (Å²) in [5.41, 5.74) is 0.324. The Balaban J connectivity index is 2.22. The molecule has 2 saturated carbocycles. The van der Waals surface area contributed by atoms with Gasteiger partial charge in [0, 0.05) is 0 Å². The molecule has 0 aliphatic heterocycles. The summed E-state index contributed by atoms with van der Waals surface area (Å²) in [4.78, 5) is 0. The van der Waals surface area contributed by atoms with Gasteiger partial charge in [0.1, 0.15) is 0 Å². The average Bonchev–Trinajstić information content (AvgIpc) is 2.22. The fourth-order valence-corrected chi connectivity index (χ4v) is 2.50. The van der Waals surface area contributed by atoms with Crippen molar-refractivity contribution in [3.05, 3.63) is 0 Å². The van der Waals surface area contributed by atoms with Crippen molar-refractivity contribution >= 4 is 0 Å². The minimum atomic E-state index is 0.0243. The SMILES string of the molecule is CC12CCC(C[C@H]1O)C2. The van der Waals surface area contributed by atoms with Crippen molar-refractivity contribution in [3.8, 4) is 0 Å². The molecule has 3 atom stereocenters. The second-order valence-electron chi connectivity index (χ2n) is 4.01. The Bertz CT molecular complexity index is 133. The van der Waals surface area contributed by atoms with Crippen LogP contribution in [0.1, 0.15) is 32.6 Å². The smallest absolute Gasteiger partial charge is 0.0596 e. The normalized spacial score (nSPS) is 56.7. The van der Waals surface area contributed by atoms with E-state index in [9.17, 15) is 5.11 Å². The van der Waals surface area contributed by atoms with Crippen LogP contribution in [0.15, 0.2) is 0 Å². The predicted octanol–water partition coefficient (Wildman–Crippen LogP) is 1.56. The number of aliphatic hydroxyl groups excluding tert-OH is 1. The summed E-state index contributed by atoms with van der Waals surface area (Å²) in [6.07, 6.45) is 5.02. The highest BCUT2D eigenvalue weighted by Crippen LogP contribution is 2.53. The molecular formula is C8H14O. The molecule has 0 heterocycles. The van der Waals surface area contributed by atoms with Crippen LogP contribution in [-0.4, -0.2) is 11.2 Å². The van der Waals surface area contributed by atoms with Gasteiger partial charge in [-0.25, -0.2) is 0 Å². The third kappa shape index (κ3) is 0.644. The molecule has 0 aromatic carbocycles. The quantitative estimate of drug-likeness (QED) is 0.522. The lowest BCUT2D eigenvalue weighted by Gasteiger charge is -2.26. The summed E-state index contributed by atoms with van der Waals surface area (Å²) >= 11 is 0. The molecule has 1 nitrogen and oxygen atoms in total. The Hall–Kier alpha value is -0.0400. The lowest BCUT2D eigenvalue weighted by molar-refractivity contribution is 0.0532. The van der Waals surface area contributed by atoms with Crippen LogP contribution in [0.4, 0.5) is 0 Å². The molecule has 2 fully saturated rings. The summed E-state index contributed by atoms with van der Waals surface area (Å²) < 4.78 is 0. The maximum absolute atomic E-state index is 9.48. The van der Waals surface area contributed by atoms with E-state index in [-0.39, 0.29) is 6.10 Å². The number of aliphatic hydroxyl groups is 1. The second-order valence-corrected chi connectivity index (χ2v) is 4.01. The van der Waals surface area contributed by atoms with E-state index in [4.69, 9.17) is 0 Å². The topological polar surface area (TPSA) is 20.2 Å². The summed E-state index contributed by atoms with van der Waals surface area (Å²) in [6, 6.07) is 0. The van der Waals surface area contributed by atoms with Crippen LogP contribution < -0.4 is 0 Å². The zero-order valence-electron chi connectivity index (χ0n) is 5.93. The molecule has 2 aliphatic rings. The van der Waals surface area contributed by atoms with Gasteiger partial charge in [0.05, 0.1) is 6.10 Å². The van der Waals surface area contributed by atoms with E-state index in [0.717, 1.165) is 12.3 Å². The maximum Gasteiger partial charge on any atom is 0.0596 e. The van der Waals surface area contributed by atoms with Crippen molar-refractivity contribution in [2.24, 2.45) is 11.3 Å². The van der Waals surface area contributed by atoms with Crippen LogP contribution >= 0.6 is 0 Å². The Labute approximate surface area is 56.1 Å². The second kappa shape index (κ2) is 1.51. The number of rotatable bonds is 0. The minimum Gasteiger partial charge on any atom is -0.393 e. The summed E-state index contributed by atoms with van der Waals surface area (Å²) in [7, 11) is 0. The number of fused-ring (bicyclic) bond motifs is 2. The first-order valence-corrected chi connectivity index (χ1v) is 3.89. The fraction of sp³-hybridized carbons (Fsp3) is 1.00. The third-order valence-electron chi connectivity index (χ3n) is 3.24. The zero-order chi connectivity index (χ0) is 6.48. The van der Waals surface area contributed by atoms with Crippen molar-refractivity contribution in [1.82, 2.24) is 0 Å². The summed E-state index contributed by atoms with van der Waals surface area (Å²) in [5.74, 6) is 0.866. The Kier molecular flexibility index (Phi) is 0.963.